The van der Waals surface area contributed by atoms with Gasteiger partial charge in [0, 0.05) is 19.2 Å². The number of ether oxygens (including phenoxy) is 1. The number of rotatable bonds is 7. The van der Waals surface area contributed by atoms with Gasteiger partial charge < -0.3 is 10.1 Å². The first-order chi connectivity index (χ1) is 6.26. The zero-order valence-electron chi connectivity index (χ0n) is 9.18. The lowest BCUT2D eigenvalue weighted by Gasteiger charge is -2.21. The zero-order chi connectivity index (χ0) is 9.68. The van der Waals surface area contributed by atoms with Crippen LogP contribution in [0, 0.1) is 5.92 Å². The van der Waals surface area contributed by atoms with E-state index in [9.17, 15) is 0 Å². The van der Waals surface area contributed by atoms with Crippen LogP contribution in [0.25, 0.3) is 0 Å². The molecule has 13 heavy (non-hydrogen) atoms. The summed E-state index contributed by atoms with van der Waals surface area (Å²) in [5.41, 5.74) is 0. The summed E-state index contributed by atoms with van der Waals surface area (Å²) in [4.78, 5) is 0. The molecule has 0 spiro atoms. The van der Waals surface area contributed by atoms with Gasteiger partial charge >= 0.3 is 0 Å². The molecule has 1 rings (SSSR count). The molecule has 0 bridgehead atoms. The summed E-state index contributed by atoms with van der Waals surface area (Å²) in [5.74, 6) is 1.02. The van der Waals surface area contributed by atoms with Crippen molar-refractivity contribution in [3.63, 3.8) is 0 Å². The molecule has 0 amide bonds. The van der Waals surface area contributed by atoms with E-state index >= 15 is 0 Å². The number of hydrogen-bond acceptors (Lipinski definition) is 2. The van der Waals surface area contributed by atoms with Crippen LogP contribution in [0.4, 0.5) is 0 Å². The highest BCUT2D eigenvalue weighted by molar-refractivity contribution is 4.80. The first-order valence-corrected chi connectivity index (χ1v) is 5.51. The SMILES string of the molecule is CCC(CC1CC1)NC(C)COC. The molecule has 0 heterocycles. The first kappa shape index (κ1) is 11.0. The van der Waals surface area contributed by atoms with Gasteiger partial charge in [-0.3, -0.25) is 0 Å². The second kappa shape index (κ2) is 5.61. The van der Waals surface area contributed by atoms with Crippen LogP contribution in [0.5, 0.6) is 0 Å². The van der Waals surface area contributed by atoms with E-state index in [0.29, 0.717) is 12.1 Å². The fourth-order valence-electron chi connectivity index (χ4n) is 1.81. The molecule has 1 N–H and O–H groups in total. The average Bonchev–Trinajstić information content (AvgIpc) is 2.87. The summed E-state index contributed by atoms with van der Waals surface area (Å²) in [6, 6.07) is 1.20. The van der Waals surface area contributed by atoms with E-state index in [1.54, 1.807) is 7.11 Å². The van der Waals surface area contributed by atoms with Gasteiger partial charge in [0.1, 0.15) is 0 Å². The molecule has 0 aliphatic heterocycles. The van der Waals surface area contributed by atoms with Crippen molar-refractivity contribution < 1.29 is 4.74 Å². The molecule has 78 valence electrons. The molecule has 0 saturated heterocycles. The number of methoxy groups -OCH3 is 1. The lowest BCUT2D eigenvalue weighted by molar-refractivity contribution is 0.164. The molecule has 2 heteroatoms. The van der Waals surface area contributed by atoms with E-state index < -0.39 is 0 Å². The fraction of sp³-hybridized carbons (Fsp3) is 1.00. The molecule has 0 aromatic heterocycles. The highest BCUT2D eigenvalue weighted by Gasteiger charge is 2.25. The van der Waals surface area contributed by atoms with Crippen molar-refractivity contribution in [3.05, 3.63) is 0 Å². The van der Waals surface area contributed by atoms with Crippen LogP contribution >= 0.6 is 0 Å². The fourth-order valence-corrected chi connectivity index (χ4v) is 1.81. The largest absolute Gasteiger partial charge is 0.383 e. The van der Waals surface area contributed by atoms with Crippen LogP contribution < -0.4 is 5.32 Å². The molecule has 1 aliphatic rings. The van der Waals surface area contributed by atoms with Crippen molar-refractivity contribution in [2.45, 2.75) is 51.6 Å². The Labute approximate surface area is 82.0 Å². The normalized spacial score (nSPS) is 21.5. The molecule has 2 atom stereocenters. The summed E-state index contributed by atoms with van der Waals surface area (Å²) < 4.78 is 5.11. The van der Waals surface area contributed by atoms with Crippen LogP contribution in [0.15, 0.2) is 0 Å². The Balaban J connectivity index is 2.13. The molecule has 2 nitrogen and oxygen atoms in total. The van der Waals surface area contributed by atoms with Crippen molar-refractivity contribution in [3.8, 4) is 0 Å². The summed E-state index contributed by atoms with van der Waals surface area (Å²) >= 11 is 0. The second-order valence-electron chi connectivity index (χ2n) is 4.31. The van der Waals surface area contributed by atoms with Crippen molar-refractivity contribution in [2.24, 2.45) is 5.92 Å². The van der Waals surface area contributed by atoms with E-state index in [1.165, 1.54) is 25.7 Å². The lowest BCUT2D eigenvalue weighted by Crippen LogP contribution is -2.39. The maximum Gasteiger partial charge on any atom is 0.0613 e. The Morgan fingerprint density at radius 1 is 1.46 bits per heavy atom. The van der Waals surface area contributed by atoms with Gasteiger partial charge in [0.2, 0.25) is 0 Å². The smallest absolute Gasteiger partial charge is 0.0613 e. The molecule has 0 aromatic carbocycles. The number of hydrogen-bond donors (Lipinski definition) is 1. The van der Waals surface area contributed by atoms with Gasteiger partial charge in [0.15, 0.2) is 0 Å². The Morgan fingerprint density at radius 3 is 2.62 bits per heavy atom. The molecular weight excluding hydrogens is 162 g/mol. The minimum atomic E-state index is 0.494. The number of nitrogens with one attached hydrogen (secondary N) is 1. The Bertz CT molecular complexity index is 134. The van der Waals surface area contributed by atoms with E-state index in [4.69, 9.17) is 4.74 Å². The minimum absolute atomic E-state index is 0.494. The molecule has 2 unspecified atom stereocenters. The summed E-state index contributed by atoms with van der Waals surface area (Å²) in [6.45, 7) is 5.28. The Kier molecular flexibility index (Phi) is 4.74. The molecule has 0 aromatic rings. The van der Waals surface area contributed by atoms with E-state index in [2.05, 4.69) is 19.2 Å². The highest BCUT2D eigenvalue weighted by atomic mass is 16.5. The Morgan fingerprint density at radius 2 is 2.15 bits per heavy atom. The third-order valence-electron chi connectivity index (χ3n) is 2.74. The summed E-state index contributed by atoms with van der Waals surface area (Å²) in [5, 5.41) is 3.61. The highest BCUT2D eigenvalue weighted by Crippen LogP contribution is 2.34. The van der Waals surface area contributed by atoms with Crippen molar-refractivity contribution in [2.75, 3.05) is 13.7 Å². The van der Waals surface area contributed by atoms with E-state index in [1.807, 2.05) is 0 Å². The van der Waals surface area contributed by atoms with Crippen molar-refractivity contribution >= 4 is 0 Å². The third kappa shape index (κ3) is 4.63. The second-order valence-corrected chi connectivity index (χ2v) is 4.31. The van der Waals surface area contributed by atoms with Gasteiger partial charge in [0.05, 0.1) is 6.61 Å². The van der Waals surface area contributed by atoms with Crippen LogP contribution in [-0.2, 0) is 4.74 Å². The molecular formula is C11H23NO. The predicted octanol–water partition coefficient (Wildman–Crippen LogP) is 2.19. The average molecular weight is 185 g/mol. The molecule has 1 fully saturated rings. The van der Waals surface area contributed by atoms with Gasteiger partial charge in [0.25, 0.3) is 0 Å². The van der Waals surface area contributed by atoms with Gasteiger partial charge in [-0.15, -0.1) is 0 Å². The van der Waals surface area contributed by atoms with Crippen molar-refractivity contribution in [1.82, 2.24) is 5.32 Å². The van der Waals surface area contributed by atoms with Gasteiger partial charge in [-0.25, -0.2) is 0 Å². The maximum atomic E-state index is 5.11. The molecule has 1 saturated carbocycles. The lowest BCUT2D eigenvalue weighted by atomic mass is 10.1. The van der Waals surface area contributed by atoms with Gasteiger partial charge in [-0.05, 0) is 25.7 Å². The van der Waals surface area contributed by atoms with Gasteiger partial charge in [-0.1, -0.05) is 19.8 Å². The topological polar surface area (TPSA) is 21.3 Å². The summed E-state index contributed by atoms with van der Waals surface area (Å²) in [7, 11) is 1.76. The predicted molar refractivity (Wildman–Crippen MR) is 55.9 cm³/mol. The molecule has 0 radical (unpaired) electrons. The zero-order valence-corrected chi connectivity index (χ0v) is 9.18. The maximum absolute atomic E-state index is 5.11. The van der Waals surface area contributed by atoms with Crippen LogP contribution in [0.1, 0.15) is 39.5 Å². The quantitative estimate of drug-likeness (QED) is 0.656. The van der Waals surface area contributed by atoms with Crippen LogP contribution in [0.2, 0.25) is 0 Å². The first-order valence-electron chi connectivity index (χ1n) is 5.51. The van der Waals surface area contributed by atoms with Crippen molar-refractivity contribution in [1.29, 1.82) is 0 Å². The standard InChI is InChI=1S/C11H23NO/c1-4-11(7-10-5-6-10)12-9(2)8-13-3/h9-12H,4-8H2,1-3H3. The van der Waals surface area contributed by atoms with Crippen LogP contribution in [-0.4, -0.2) is 25.8 Å². The van der Waals surface area contributed by atoms with E-state index in [-0.39, 0.29) is 0 Å². The summed E-state index contributed by atoms with van der Waals surface area (Å²) in [6.07, 6.45) is 5.52. The monoisotopic (exact) mass is 185 g/mol. The van der Waals surface area contributed by atoms with Crippen LogP contribution in [0.3, 0.4) is 0 Å². The minimum Gasteiger partial charge on any atom is -0.383 e. The van der Waals surface area contributed by atoms with E-state index in [0.717, 1.165) is 12.5 Å². The Hall–Kier alpha value is -0.0800. The molecule has 1 aliphatic carbocycles. The van der Waals surface area contributed by atoms with Gasteiger partial charge in [-0.2, -0.15) is 0 Å². The third-order valence-corrected chi connectivity index (χ3v) is 2.74.